The van der Waals surface area contributed by atoms with Crippen LogP contribution in [0.15, 0.2) is 5.70 Å². The van der Waals surface area contributed by atoms with Crippen molar-refractivity contribution in [2.45, 2.75) is 52.2 Å². The van der Waals surface area contributed by atoms with E-state index < -0.39 is 0 Å². The van der Waals surface area contributed by atoms with Gasteiger partial charge in [-0.1, -0.05) is 0 Å². The van der Waals surface area contributed by atoms with Crippen molar-refractivity contribution in [2.75, 3.05) is 20.2 Å². The first-order chi connectivity index (χ1) is 8.84. The Kier molecular flexibility index (Phi) is 8.12. The minimum absolute atomic E-state index is 0.225. The van der Waals surface area contributed by atoms with Crippen molar-refractivity contribution in [1.29, 1.82) is 0 Å². The molecule has 0 aliphatic carbocycles. The van der Waals surface area contributed by atoms with Gasteiger partial charge in [0, 0.05) is 26.6 Å². The van der Waals surface area contributed by atoms with Crippen molar-refractivity contribution in [3.05, 3.63) is 5.70 Å². The van der Waals surface area contributed by atoms with Gasteiger partial charge in [-0.05, 0) is 34.1 Å². The minimum atomic E-state index is -0.318. The van der Waals surface area contributed by atoms with Gasteiger partial charge in [-0.15, -0.1) is 0 Å². The van der Waals surface area contributed by atoms with Crippen LogP contribution in [-0.2, 0) is 19.1 Å². The summed E-state index contributed by atoms with van der Waals surface area (Å²) in [5.74, 6) is 1.95. The number of nitrogens with zero attached hydrogens (tertiary/aromatic N) is 1. The van der Waals surface area contributed by atoms with E-state index in [1.165, 1.54) is 0 Å². The van der Waals surface area contributed by atoms with E-state index in [9.17, 15) is 9.59 Å². The quantitative estimate of drug-likeness (QED) is 0.578. The number of rotatable bonds is 3. The lowest BCUT2D eigenvalue weighted by Gasteiger charge is -2.30. The Hall–Kier alpha value is -1.32. The van der Waals surface area contributed by atoms with Gasteiger partial charge in [-0.3, -0.25) is 4.79 Å². The lowest BCUT2D eigenvalue weighted by atomic mass is 10.1. The SMILES string of the molecule is CC(C)(C)OC=O.CCOC1CCN(C)C(=C=O)C1. The van der Waals surface area contributed by atoms with Crippen LogP contribution < -0.4 is 0 Å². The highest BCUT2D eigenvalue weighted by molar-refractivity contribution is 5.51. The maximum absolute atomic E-state index is 10.5. The van der Waals surface area contributed by atoms with E-state index >= 15 is 0 Å². The zero-order chi connectivity index (χ0) is 14.9. The summed E-state index contributed by atoms with van der Waals surface area (Å²) >= 11 is 0. The topological polar surface area (TPSA) is 55.8 Å². The van der Waals surface area contributed by atoms with Crippen molar-refractivity contribution >= 4 is 12.4 Å². The molecule has 1 aliphatic heterocycles. The first kappa shape index (κ1) is 17.7. The highest BCUT2D eigenvalue weighted by Crippen LogP contribution is 2.19. The van der Waals surface area contributed by atoms with E-state index in [1.807, 2.05) is 45.6 Å². The molecule has 5 heteroatoms. The predicted octanol–water partition coefficient (Wildman–Crippen LogP) is 1.79. The van der Waals surface area contributed by atoms with Crippen LogP contribution in [0.3, 0.4) is 0 Å². The molecule has 0 aromatic carbocycles. The molecule has 1 aliphatic rings. The zero-order valence-corrected chi connectivity index (χ0v) is 12.6. The van der Waals surface area contributed by atoms with Gasteiger partial charge >= 0.3 is 0 Å². The third-order valence-electron chi connectivity index (χ3n) is 2.59. The molecule has 0 aromatic heterocycles. The molecule has 1 heterocycles. The third-order valence-corrected chi connectivity index (χ3v) is 2.59. The number of ether oxygens (including phenoxy) is 2. The lowest BCUT2D eigenvalue weighted by Crippen LogP contribution is -2.33. The molecule has 1 fully saturated rings. The summed E-state index contributed by atoms with van der Waals surface area (Å²) in [6.45, 7) is 9.52. The second kappa shape index (κ2) is 8.73. The summed E-state index contributed by atoms with van der Waals surface area (Å²) in [6.07, 6.45) is 1.95. The fraction of sp³-hybridized carbons (Fsp3) is 0.786. The summed E-state index contributed by atoms with van der Waals surface area (Å²) in [4.78, 5) is 22.0. The van der Waals surface area contributed by atoms with Crippen LogP contribution in [0, 0.1) is 0 Å². The Balaban J connectivity index is 0.000000399. The van der Waals surface area contributed by atoms with Gasteiger partial charge in [0.1, 0.15) is 17.2 Å². The molecular formula is C14H25NO4. The van der Waals surface area contributed by atoms with Crippen LogP contribution in [0.5, 0.6) is 0 Å². The highest BCUT2D eigenvalue weighted by atomic mass is 16.5. The Morgan fingerprint density at radius 1 is 1.47 bits per heavy atom. The Morgan fingerprint density at radius 3 is 2.47 bits per heavy atom. The van der Waals surface area contributed by atoms with E-state index in [0.29, 0.717) is 12.9 Å². The largest absolute Gasteiger partial charge is 0.462 e. The molecule has 5 nitrogen and oxygen atoms in total. The molecule has 0 bridgehead atoms. The number of likely N-dealkylation sites (tertiary alicyclic amines) is 1. The standard InChI is InChI=1S/C9H15NO2.C5H10O2/c1-3-12-9-4-5-10(2)8(6-9)7-11;1-5(2,3)7-4-6/h9H,3-6H2,1-2H3;4H,1-3H3. The molecule has 1 rings (SSSR count). The monoisotopic (exact) mass is 271 g/mol. The van der Waals surface area contributed by atoms with Crippen LogP contribution in [0.2, 0.25) is 0 Å². The zero-order valence-electron chi connectivity index (χ0n) is 12.6. The first-order valence-corrected chi connectivity index (χ1v) is 6.52. The van der Waals surface area contributed by atoms with Crippen LogP contribution in [0.4, 0.5) is 0 Å². The van der Waals surface area contributed by atoms with Crippen molar-refractivity contribution in [3.63, 3.8) is 0 Å². The number of hydrogen-bond acceptors (Lipinski definition) is 5. The average molecular weight is 271 g/mol. The Bertz CT molecular complexity index is 316. The Morgan fingerprint density at radius 2 is 2.11 bits per heavy atom. The predicted molar refractivity (Wildman–Crippen MR) is 73.4 cm³/mol. The second-order valence-electron chi connectivity index (χ2n) is 5.37. The molecular weight excluding hydrogens is 246 g/mol. The molecule has 19 heavy (non-hydrogen) atoms. The van der Waals surface area contributed by atoms with Gasteiger partial charge in [0.15, 0.2) is 0 Å². The van der Waals surface area contributed by atoms with Gasteiger partial charge in [0.2, 0.25) is 0 Å². The molecule has 0 amide bonds. The van der Waals surface area contributed by atoms with Crippen molar-refractivity contribution in [3.8, 4) is 0 Å². The Labute approximate surface area is 115 Å². The van der Waals surface area contributed by atoms with E-state index in [1.54, 1.807) is 0 Å². The van der Waals surface area contributed by atoms with Crippen LogP contribution in [0.1, 0.15) is 40.5 Å². The van der Waals surface area contributed by atoms with Crippen molar-refractivity contribution < 1.29 is 19.1 Å². The summed E-state index contributed by atoms with van der Waals surface area (Å²) < 4.78 is 9.99. The summed E-state index contributed by atoms with van der Waals surface area (Å²) in [6, 6.07) is 0. The first-order valence-electron chi connectivity index (χ1n) is 6.52. The fourth-order valence-corrected chi connectivity index (χ4v) is 1.59. The van der Waals surface area contributed by atoms with Gasteiger partial charge < -0.3 is 14.4 Å². The normalized spacial score (nSPS) is 19.1. The van der Waals surface area contributed by atoms with Crippen LogP contribution in [0.25, 0.3) is 0 Å². The van der Waals surface area contributed by atoms with Crippen LogP contribution >= 0.6 is 0 Å². The molecule has 110 valence electrons. The summed E-state index contributed by atoms with van der Waals surface area (Å²) in [5, 5.41) is 0. The van der Waals surface area contributed by atoms with E-state index in [-0.39, 0.29) is 11.7 Å². The molecule has 0 spiro atoms. The van der Waals surface area contributed by atoms with E-state index in [0.717, 1.165) is 25.3 Å². The smallest absolute Gasteiger partial charge is 0.293 e. The maximum Gasteiger partial charge on any atom is 0.293 e. The molecule has 1 saturated heterocycles. The number of piperidine rings is 1. The molecule has 0 saturated carbocycles. The number of hydrogen-bond donors (Lipinski definition) is 0. The van der Waals surface area contributed by atoms with Gasteiger partial charge in [0.05, 0.1) is 6.10 Å². The second-order valence-corrected chi connectivity index (χ2v) is 5.37. The van der Waals surface area contributed by atoms with Crippen molar-refractivity contribution in [1.82, 2.24) is 4.90 Å². The molecule has 0 N–H and O–H groups in total. The summed E-state index contributed by atoms with van der Waals surface area (Å²) in [7, 11) is 1.92. The molecule has 1 atom stereocenters. The highest BCUT2D eigenvalue weighted by Gasteiger charge is 2.21. The molecule has 0 aromatic rings. The fourth-order valence-electron chi connectivity index (χ4n) is 1.59. The third kappa shape index (κ3) is 8.41. The van der Waals surface area contributed by atoms with Crippen molar-refractivity contribution in [2.24, 2.45) is 0 Å². The number of carbonyl (C=O) groups is 1. The molecule has 1 unspecified atom stereocenters. The minimum Gasteiger partial charge on any atom is -0.462 e. The number of carbonyl (C=O) groups excluding carboxylic acids is 2. The average Bonchev–Trinajstić information content (AvgIpc) is 2.31. The van der Waals surface area contributed by atoms with Crippen LogP contribution in [-0.4, -0.2) is 49.2 Å². The van der Waals surface area contributed by atoms with Gasteiger partial charge in [0.25, 0.3) is 6.47 Å². The molecule has 0 radical (unpaired) electrons. The van der Waals surface area contributed by atoms with Gasteiger partial charge in [-0.2, -0.15) is 0 Å². The summed E-state index contributed by atoms with van der Waals surface area (Å²) in [5.41, 5.74) is 0.418. The lowest BCUT2D eigenvalue weighted by molar-refractivity contribution is -0.138. The maximum atomic E-state index is 10.5. The van der Waals surface area contributed by atoms with E-state index in [2.05, 4.69) is 4.74 Å². The van der Waals surface area contributed by atoms with E-state index in [4.69, 9.17) is 4.74 Å². The van der Waals surface area contributed by atoms with Gasteiger partial charge in [-0.25, -0.2) is 4.79 Å².